The predicted molar refractivity (Wildman–Crippen MR) is 395 cm³/mol. The van der Waals surface area contributed by atoms with E-state index in [1.54, 1.807) is 0 Å². The monoisotopic (exact) mass is 1420 g/mol. The van der Waals surface area contributed by atoms with Crippen LogP contribution in [0.2, 0.25) is 0 Å². The number of aliphatic hydroxyl groups excluding tert-OH is 1. The van der Waals surface area contributed by atoms with E-state index in [2.05, 4.69) is 48.5 Å². The standard InChI is InChI=1S/C78H152O17P2/c1-8-10-11-12-13-14-15-25-30-38-45-52-59-75(80)89-66-74(95-78(83)62-55-48-41-34-33-37-44-51-58-71(7)9-2)68-93-97(86,87)91-64-72(79)63-90-96(84,85)92-67-73(65-88-76(81)60-53-46-39-31-26-22-18-20-24-29-36-43-50-57-70(5)6)94-77(82)61-54-47-40-32-27-21-17-16-19-23-28-35-42-49-56-69(3)4/h69-74,79H,8-68H2,1-7H3,(H,84,85)(H,86,87)/t71?,72-,73-,74-/m1/s1. The van der Waals surface area contributed by atoms with E-state index in [1.165, 1.54) is 212 Å². The third-order valence-electron chi connectivity index (χ3n) is 18.5. The Hall–Kier alpha value is -1.94. The summed E-state index contributed by atoms with van der Waals surface area (Å²) in [7, 11) is -9.92. The average Bonchev–Trinajstić information content (AvgIpc) is 2.95. The van der Waals surface area contributed by atoms with Gasteiger partial charge in [-0.3, -0.25) is 37.3 Å². The molecule has 19 heteroatoms. The molecule has 0 aromatic heterocycles. The van der Waals surface area contributed by atoms with Gasteiger partial charge >= 0.3 is 39.5 Å². The van der Waals surface area contributed by atoms with Crippen molar-refractivity contribution in [3.63, 3.8) is 0 Å². The number of rotatable bonds is 76. The summed E-state index contributed by atoms with van der Waals surface area (Å²) < 4.78 is 68.6. The van der Waals surface area contributed by atoms with Gasteiger partial charge in [0.15, 0.2) is 12.2 Å². The predicted octanol–water partition coefficient (Wildman–Crippen LogP) is 23.0. The number of unbranched alkanes of at least 4 members (excludes halogenated alkanes) is 43. The normalized spacial score (nSPS) is 14.3. The maximum absolute atomic E-state index is 13.1. The van der Waals surface area contributed by atoms with Crippen LogP contribution in [0, 0.1) is 17.8 Å². The number of carbonyl (C=O) groups excluding carboxylic acids is 4. The molecule has 3 unspecified atom stereocenters. The lowest BCUT2D eigenvalue weighted by Gasteiger charge is -2.21. The van der Waals surface area contributed by atoms with Crippen molar-refractivity contribution in [2.45, 2.75) is 420 Å². The fourth-order valence-corrected chi connectivity index (χ4v) is 13.5. The molecule has 0 heterocycles. The Balaban J connectivity index is 5.26. The third kappa shape index (κ3) is 70.9. The Labute approximate surface area is 594 Å². The summed E-state index contributed by atoms with van der Waals surface area (Å²) in [4.78, 5) is 72.9. The molecule has 0 aromatic rings. The molecule has 6 atom stereocenters. The van der Waals surface area contributed by atoms with E-state index < -0.39 is 97.5 Å². The molecule has 0 saturated heterocycles. The van der Waals surface area contributed by atoms with Crippen molar-refractivity contribution in [1.29, 1.82) is 0 Å². The Kier molecular flexibility index (Phi) is 67.1. The highest BCUT2D eigenvalue weighted by molar-refractivity contribution is 7.47. The summed E-state index contributed by atoms with van der Waals surface area (Å²) in [6, 6.07) is 0. The average molecular weight is 1420 g/mol. The van der Waals surface area contributed by atoms with Gasteiger partial charge in [-0.05, 0) is 43.4 Å². The molecule has 17 nitrogen and oxygen atoms in total. The number of aliphatic hydroxyl groups is 1. The van der Waals surface area contributed by atoms with Gasteiger partial charge < -0.3 is 33.8 Å². The largest absolute Gasteiger partial charge is 0.472 e. The molecule has 0 aliphatic rings. The summed E-state index contributed by atoms with van der Waals surface area (Å²) in [5, 5.41) is 10.6. The minimum Gasteiger partial charge on any atom is -0.462 e. The van der Waals surface area contributed by atoms with Crippen LogP contribution in [0.1, 0.15) is 402 Å². The van der Waals surface area contributed by atoms with Crippen LogP contribution in [0.5, 0.6) is 0 Å². The molecule has 0 aliphatic carbocycles. The highest BCUT2D eigenvalue weighted by atomic mass is 31.2. The van der Waals surface area contributed by atoms with Crippen LogP contribution in [0.25, 0.3) is 0 Å². The van der Waals surface area contributed by atoms with Crippen LogP contribution in [-0.4, -0.2) is 96.7 Å². The van der Waals surface area contributed by atoms with E-state index in [0.717, 1.165) is 108 Å². The van der Waals surface area contributed by atoms with Gasteiger partial charge in [0, 0.05) is 25.7 Å². The first-order valence-electron chi connectivity index (χ1n) is 40.4. The van der Waals surface area contributed by atoms with Crippen LogP contribution < -0.4 is 0 Å². The molecule has 0 amide bonds. The van der Waals surface area contributed by atoms with Crippen LogP contribution in [-0.2, 0) is 65.4 Å². The number of hydrogen-bond donors (Lipinski definition) is 3. The van der Waals surface area contributed by atoms with Crippen molar-refractivity contribution >= 4 is 39.5 Å². The fraction of sp³-hybridized carbons (Fsp3) is 0.949. The lowest BCUT2D eigenvalue weighted by molar-refractivity contribution is -0.161. The molecule has 0 fully saturated rings. The maximum Gasteiger partial charge on any atom is 0.472 e. The highest BCUT2D eigenvalue weighted by Crippen LogP contribution is 2.45. The first-order valence-corrected chi connectivity index (χ1v) is 43.4. The number of hydrogen-bond acceptors (Lipinski definition) is 15. The molecule has 0 bridgehead atoms. The van der Waals surface area contributed by atoms with E-state index in [1.807, 2.05) is 0 Å². The molecule has 0 saturated carbocycles. The van der Waals surface area contributed by atoms with E-state index >= 15 is 0 Å². The number of phosphoric ester groups is 2. The molecule has 0 aromatic carbocycles. The van der Waals surface area contributed by atoms with E-state index in [9.17, 15) is 43.2 Å². The lowest BCUT2D eigenvalue weighted by Crippen LogP contribution is -2.30. The second kappa shape index (κ2) is 68.5. The van der Waals surface area contributed by atoms with Crippen molar-refractivity contribution in [3.05, 3.63) is 0 Å². The zero-order valence-electron chi connectivity index (χ0n) is 63.5. The summed E-state index contributed by atoms with van der Waals surface area (Å²) in [5.41, 5.74) is 0. The molecule has 0 spiro atoms. The number of carbonyl (C=O) groups is 4. The second-order valence-electron chi connectivity index (χ2n) is 29.3. The first kappa shape index (κ1) is 95.1. The Morgan fingerprint density at radius 3 is 0.784 bits per heavy atom. The van der Waals surface area contributed by atoms with Gasteiger partial charge in [0.2, 0.25) is 0 Å². The molecule has 97 heavy (non-hydrogen) atoms. The number of phosphoric acid groups is 2. The van der Waals surface area contributed by atoms with E-state index in [4.69, 9.17) is 37.0 Å². The minimum atomic E-state index is -4.96. The zero-order chi connectivity index (χ0) is 71.6. The van der Waals surface area contributed by atoms with E-state index in [0.29, 0.717) is 25.7 Å². The summed E-state index contributed by atoms with van der Waals surface area (Å²) in [6.45, 7) is 12.0. The van der Waals surface area contributed by atoms with Gasteiger partial charge in [0.25, 0.3) is 0 Å². The van der Waals surface area contributed by atoms with Gasteiger partial charge in [0.1, 0.15) is 19.3 Å². The van der Waals surface area contributed by atoms with Gasteiger partial charge in [-0.1, -0.05) is 350 Å². The van der Waals surface area contributed by atoms with Gasteiger partial charge in [-0.2, -0.15) is 0 Å². The van der Waals surface area contributed by atoms with Crippen molar-refractivity contribution in [3.8, 4) is 0 Å². The number of ether oxygens (including phenoxy) is 4. The van der Waals surface area contributed by atoms with Gasteiger partial charge in [-0.25, -0.2) is 9.13 Å². The summed E-state index contributed by atoms with van der Waals surface area (Å²) in [5.74, 6) is 0.241. The van der Waals surface area contributed by atoms with Crippen LogP contribution >= 0.6 is 15.6 Å². The molecular formula is C78H152O17P2. The lowest BCUT2D eigenvalue weighted by atomic mass is 9.99. The smallest absolute Gasteiger partial charge is 0.462 e. The van der Waals surface area contributed by atoms with Crippen molar-refractivity contribution < 1.29 is 80.2 Å². The van der Waals surface area contributed by atoms with Crippen LogP contribution in [0.3, 0.4) is 0 Å². The van der Waals surface area contributed by atoms with E-state index in [-0.39, 0.29) is 25.7 Å². The fourth-order valence-electron chi connectivity index (χ4n) is 11.9. The molecule has 0 radical (unpaired) electrons. The molecule has 0 rings (SSSR count). The molecular weight excluding hydrogens is 1270 g/mol. The highest BCUT2D eigenvalue weighted by Gasteiger charge is 2.30. The van der Waals surface area contributed by atoms with Crippen molar-refractivity contribution in [2.24, 2.45) is 17.8 Å². The topological polar surface area (TPSA) is 237 Å². The minimum absolute atomic E-state index is 0.105. The Morgan fingerprint density at radius 2 is 0.526 bits per heavy atom. The van der Waals surface area contributed by atoms with Gasteiger partial charge in [0.05, 0.1) is 26.4 Å². The van der Waals surface area contributed by atoms with Gasteiger partial charge in [-0.15, -0.1) is 0 Å². The van der Waals surface area contributed by atoms with Crippen LogP contribution in [0.15, 0.2) is 0 Å². The Morgan fingerprint density at radius 1 is 0.299 bits per heavy atom. The quantitative estimate of drug-likeness (QED) is 0.0222. The maximum atomic E-state index is 13.1. The second-order valence-corrected chi connectivity index (χ2v) is 32.2. The number of esters is 4. The Bertz CT molecular complexity index is 1890. The third-order valence-corrected chi connectivity index (χ3v) is 20.4. The SMILES string of the molecule is CCCCCCCCCCCCCCC(=O)OC[C@H](COP(=O)(O)OC[C@H](O)COP(=O)(O)OC[C@@H](COC(=O)CCCCCCCCCCCCCCCC(C)C)OC(=O)CCCCCCCCCCCCCCCCC(C)C)OC(=O)CCCCCCCCCCC(C)CC. The molecule has 3 N–H and O–H groups in total. The van der Waals surface area contributed by atoms with Crippen LogP contribution in [0.4, 0.5) is 0 Å². The zero-order valence-corrected chi connectivity index (χ0v) is 65.3. The van der Waals surface area contributed by atoms with Crippen molar-refractivity contribution in [2.75, 3.05) is 39.6 Å². The summed E-state index contributed by atoms with van der Waals surface area (Å²) >= 11 is 0. The molecule has 0 aliphatic heterocycles. The van der Waals surface area contributed by atoms with Crippen molar-refractivity contribution in [1.82, 2.24) is 0 Å². The summed E-state index contributed by atoms with van der Waals surface area (Å²) in [6.07, 6.45) is 55.3. The first-order chi connectivity index (χ1) is 46.8. The molecule has 576 valence electrons.